The van der Waals surface area contributed by atoms with Crippen molar-refractivity contribution in [2.45, 2.75) is 30.2 Å². The molecule has 9 nitrogen and oxygen atoms in total. The van der Waals surface area contributed by atoms with Gasteiger partial charge in [0.2, 0.25) is 5.78 Å². The molecular weight excluding hydrogens is 342 g/mol. The lowest BCUT2D eigenvalue weighted by molar-refractivity contribution is -0.0674. The first-order valence-electron chi connectivity index (χ1n) is 8.07. The molecule has 3 rings (SSSR count). The Morgan fingerprint density at radius 1 is 1.42 bits per heavy atom. The molecule has 9 heteroatoms. The summed E-state index contributed by atoms with van der Waals surface area (Å²) in [5, 5.41) is 22.1. The number of nitrogens with zero attached hydrogens (tertiary/aromatic N) is 1. The van der Waals surface area contributed by atoms with Crippen LogP contribution >= 0.6 is 0 Å². The average Bonchev–Trinajstić information content (AvgIpc) is 2.97. The number of aliphatic hydroxyl groups is 2. The molecule has 0 radical (unpaired) electrons. The number of urea groups is 1. The van der Waals surface area contributed by atoms with Crippen LogP contribution in [-0.2, 0) is 9.47 Å². The number of ketones is 1. The fraction of sp³-hybridized carbons (Fsp3) is 0.412. The molecule has 0 aliphatic carbocycles. The Hall–Kier alpha value is -2.30. The first-order chi connectivity index (χ1) is 12.4. The minimum Gasteiger partial charge on any atom is -0.394 e. The topological polar surface area (TPSA) is 134 Å². The lowest BCUT2D eigenvalue weighted by Gasteiger charge is -2.36. The summed E-state index contributed by atoms with van der Waals surface area (Å²) in [4.78, 5) is 26.2. The number of amides is 2. The highest BCUT2D eigenvalue weighted by atomic mass is 16.6. The summed E-state index contributed by atoms with van der Waals surface area (Å²) in [6.07, 6.45) is -1.21. The summed E-state index contributed by atoms with van der Waals surface area (Å²) in [5.74, 6) is -0.474. The van der Waals surface area contributed by atoms with Crippen LogP contribution in [0.15, 0.2) is 42.6 Å². The van der Waals surface area contributed by atoms with Gasteiger partial charge >= 0.3 is 6.03 Å². The number of carbonyl (C=O) groups excluding carboxylic acids is 2. The highest BCUT2D eigenvalue weighted by molar-refractivity contribution is 6.06. The Kier molecular flexibility index (Phi) is 5.08. The van der Waals surface area contributed by atoms with Crippen LogP contribution in [0.2, 0.25) is 0 Å². The molecule has 2 aliphatic rings. The Labute approximate surface area is 150 Å². The third kappa shape index (κ3) is 3.11. The van der Waals surface area contributed by atoms with Crippen LogP contribution < -0.4 is 11.1 Å². The average molecular weight is 363 g/mol. The van der Waals surface area contributed by atoms with E-state index < -0.39 is 42.0 Å². The normalized spacial score (nSPS) is 34.0. The van der Waals surface area contributed by atoms with E-state index in [4.69, 9.17) is 15.2 Å². The van der Waals surface area contributed by atoms with E-state index in [1.807, 2.05) is 0 Å². The van der Waals surface area contributed by atoms with Crippen LogP contribution in [0.5, 0.6) is 0 Å². The zero-order valence-corrected chi connectivity index (χ0v) is 14.1. The SMILES string of the molecule is CO[C@H]1[C@@H](O)[C@H](N2C=CC(N)(C(=O)c3ccccc3)NC2=O)O[C@@H]1CO. The molecule has 5 N–H and O–H groups in total. The molecule has 2 heterocycles. The van der Waals surface area contributed by atoms with Crippen LogP contribution in [0.3, 0.4) is 0 Å². The van der Waals surface area contributed by atoms with E-state index in [0.29, 0.717) is 5.56 Å². The van der Waals surface area contributed by atoms with E-state index in [1.54, 1.807) is 30.3 Å². The lowest BCUT2D eigenvalue weighted by atomic mass is 9.97. The smallest absolute Gasteiger partial charge is 0.325 e. The zero-order valence-electron chi connectivity index (χ0n) is 14.1. The highest BCUT2D eigenvalue weighted by Crippen LogP contribution is 2.28. The van der Waals surface area contributed by atoms with Gasteiger partial charge in [0.1, 0.15) is 18.3 Å². The number of methoxy groups -OCH3 is 1. The molecule has 0 bridgehead atoms. The number of hydrogen-bond acceptors (Lipinski definition) is 7. The number of ether oxygens (including phenoxy) is 2. The molecule has 2 amide bonds. The summed E-state index contributed by atoms with van der Waals surface area (Å²) in [6.45, 7) is -0.376. The Bertz CT molecular complexity index is 712. The molecule has 5 atom stereocenters. The van der Waals surface area contributed by atoms with Crippen molar-refractivity contribution >= 4 is 11.8 Å². The number of Topliss-reactive ketones (excluding diaryl/α,β-unsaturated/α-hetero) is 1. The number of benzene rings is 1. The maximum Gasteiger partial charge on any atom is 0.325 e. The van der Waals surface area contributed by atoms with E-state index >= 15 is 0 Å². The van der Waals surface area contributed by atoms with E-state index in [2.05, 4.69) is 5.32 Å². The van der Waals surface area contributed by atoms with Gasteiger partial charge < -0.3 is 25.0 Å². The second-order valence-electron chi connectivity index (χ2n) is 6.16. The van der Waals surface area contributed by atoms with Crippen molar-refractivity contribution in [1.82, 2.24) is 10.2 Å². The van der Waals surface area contributed by atoms with Gasteiger partial charge in [-0.2, -0.15) is 0 Å². The second kappa shape index (κ2) is 7.14. The van der Waals surface area contributed by atoms with Gasteiger partial charge in [-0.25, -0.2) is 4.79 Å². The predicted octanol–water partition coefficient (Wildman–Crippen LogP) is -0.844. The number of nitrogens with one attached hydrogen (secondary N) is 1. The number of hydrogen-bond donors (Lipinski definition) is 4. The largest absolute Gasteiger partial charge is 0.394 e. The van der Waals surface area contributed by atoms with E-state index in [9.17, 15) is 19.8 Å². The van der Waals surface area contributed by atoms with Crippen molar-refractivity contribution < 1.29 is 29.3 Å². The molecule has 26 heavy (non-hydrogen) atoms. The number of rotatable bonds is 5. The molecule has 1 saturated heterocycles. The van der Waals surface area contributed by atoms with Crippen LogP contribution in [0.4, 0.5) is 4.79 Å². The fourth-order valence-corrected chi connectivity index (χ4v) is 3.10. The van der Waals surface area contributed by atoms with Gasteiger partial charge in [0.05, 0.1) is 6.61 Å². The van der Waals surface area contributed by atoms with Gasteiger partial charge in [-0.1, -0.05) is 30.3 Å². The van der Waals surface area contributed by atoms with Crippen LogP contribution in [0.25, 0.3) is 0 Å². The zero-order chi connectivity index (χ0) is 18.9. The molecule has 1 aromatic carbocycles. The summed E-state index contributed by atoms with van der Waals surface area (Å²) in [5.41, 5.74) is 4.70. The van der Waals surface area contributed by atoms with Crippen molar-refractivity contribution in [3.63, 3.8) is 0 Å². The molecule has 0 aromatic heterocycles. The van der Waals surface area contributed by atoms with Crippen molar-refractivity contribution in [3.05, 3.63) is 48.2 Å². The Balaban J connectivity index is 1.81. The molecule has 1 fully saturated rings. The Morgan fingerprint density at radius 3 is 2.65 bits per heavy atom. The van der Waals surface area contributed by atoms with Gasteiger partial charge in [-0.15, -0.1) is 0 Å². The number of carbonyl (C=O) groups is 2. The molecule has 0 spiro atoms. The standard InChI is InChI=1S/C17H21N3O6/c1-25-13-11(9-21)26-15(12(13)22)20-8-7-17(18,19-16(20)24)14(23)10-5-3-2-4-6-10/h2-8,11-13,15,21-22H,9,18H2,1H3,(H,19,24)/t11-,12-,13-,15-,17?/m1/s1. The monoisotopic (exact) mass is 363 g/mol. The van der Waals surface area contributed by atoms with E-state index in [-0.39, 0.29) is 6.61 Å². The quantitative estimate of drug-likeness (QED) is 0.501. The molecule has 0 saturated carbocycles. The lowest BCUT2D eigenvalue weighted by Crippen LogP contribution is -2.66. The molecule has 140 valence electrons. The first-order valence-corrected chi connectivity index (χ1v) is 8.07. The summed E-state index contributed by atoms with van der Waals surface area (Å²) >= 11 is 0. The summed E-state index contributed by atoms with van der Waals surface area (Å²) in [6, 6.07) is 7.64. The highest BCUT2D eigenvalue weighted by Gasteiger charge is 2.49. The van der Waals surface area contributed by atoms with Gasteiger partial charge in [-0.05, 0) is 6.08 Å². The third-order valence-corrected chi connectivity index (χ3v) is 4.49. The van der Waals surface area contributed by atoms with Crippen molar-refractivity contribution in [2.75, 3.05) is 13.7 Å². The molecule has 1 aromatic rings. The van der Waals surface area contributed by atoms with Crippen molar-refractivity contribution in [3.8, 4) is 0 Å². The third-order valence-electron chi connectivity index (χ3n) is 4.49. The minimum atomic E-state index is -1.71. The van der Waals surface area contributed by atoms with E-state index in [0.717, 1.165) is 4.90 Å². The summed E-state index contributed by atoms with van der Waals surface area (Å²) < 4.78 is 10.6. The van der Waals surface area contributed by atoms with Gasteiger partial charge in [0.25, 0.3) is 0 Å². The maximum absolute atomic E-state index is 12.6. The minimum absolute atomic E-state index is 0.352. The maximum atomic E-state index is 12.6. The van der Waals surface area contributed by atoms with Crippen LogP contribution in [-0.4, -0.2) is 70.8 Å². The van der Waals surface area contributed by atoms with Gasteiger partial charge in [-0.3, -0.25) is 15.4 Å². The van der Waals surface area contributed by atoms with Gasteiger partial charge in [0, 0.05) is 18.9 Å². The number of nitrogens with two attached hydrogens (primary N) is 1. The van der Waals surface area contributed by atoms with Crippen molar-refractivity contribution in [1.29, 1.82) is 0 Å². The summed E-state index contributed by atoms with van der Waals surface area (Å²) in [7, 11) is 1.37. The predicted molar refractivity (Wildman–Crippen MR) is 89.8 cm³/mol. The van der Waals surface area contributed by atoms with Crippen LogP contribution in [0.1, 0.15) is 10.4 Å². The van der Waals surface area contributed by atoms with E-state index in [1.165, 1.54) is 19.4 Å². The molecule has 2 aliphatic heterocycles. The first kappa shape index (κ1) is 18.5. The number of aliphatic hydroxyl groups excluding tert-OH is 2. The molecular formula is C17H21N3O6. The Morgan fingerprint density at radius 2 is 2.12 bits per heavy atom. The van der Waals surface area contributed by atoms with Crippen molar-refractivity contribution in [2.24, 2.45) is 5.73 Å². The van der Waals surface area contributed by atoms with Gasteiger partial charge in [0.15, 0.2) is 11.9 Å². The second-order valence-corrected chi connectivity index (χ2v) is 6.16. The van der Waals surface area contributed by atoms with Crippen LogP contribution in [0, 0.1) is 0 Å². The fourth-order valence-electron chi connectivity index (χ4n) is 3.10. The molecule has 1 unspecified atom stereocenters.